The van der Waals surface area contributed by atoms with E-state index in [1.165, 1.54) is 12.3 Å². The molecule has 1 aromatic carbocycles. The molecule has 0 spiro atoms. The standard InChI is InChI=1S/C29H42FN3O3/c1-9-13-22(7)33(12-4)28(34)19-31-27(32(8)24(10-2)11-3)16-21(6)25-15-14-23(18-26(25)30)20(5)17-29(35)36/h10,14-16,18-20,22H,6,9,11-13,17H2,1-5,7-8H3,(H,35,36)/b24-10-,27-16-,31-19+/t20-,22?/m0/s1. The zero-order valence-electron chi connectivity index (χ0n) is 22.8. The molecule has 1 rings (SSSR count). The molecule has 2 atom stereocenters. The molecule has 0 aliphatic rings. The summed E-state index contributed by atoms with van der Waals surface area (Å²) < 4.78 is 15.0. The van der Waals surface area contributed by atoms with E-state index in [-0.39, 0.29) is 24.3 Å². The van der Waals surface area contributed by atoms with E-state index in [0.29, 0.717) is 29.1 Å². The number of allylic oxidation sites excluding steroid dienone is 4. The van der Waals surface area contributed by atoms with Crippen molar-refractivity contribution in [2.75, 3.05) is 13.6 Å². The molecule has 0 aliphatic heterocycles. The van der Waals surface area contributed by atoms with Crippen LogP contribution in [0.15, 0.2) is 53.4 Å². The van der Waals surface area contributed by atoms with E-state index in [4.69, 9.17) is 5.11 Å². The third kappa shape index (κ3) is 8.77. The van der Waals surface area contributed by atoms with Crippen molar-refractivity contribution < 1.29 is 19.1 Å². The summed E-state index contributed by atoms with van der Waals surface area (Å²) in [6.07, 6.45) is 7.51. The third-order valence-corrected chi connectivity index (χ3v) is 6.33. The van der Waals surface area contributed by atoms with Crippen LogP contribution in [0.2, 0.25) is 0 Å². The van der Waals surface area contributed by atoms with Crippen molar-refractivity contribution in [2.24, 2.45) is 4.99 Å². The molecule has 1 N–H and O–H groups in total. The van der Waals surface area contributed by atoms with Gasteiger partial charge < -0.3 is 14.9 Å². The number of carbonyl (C=O) groups is 2. The van der Waals surface area contributed by atoms with E-state index in [0.717, 1.165) is 25.0 Å². The van der Waals surface area contributed by atoms with Gasteiger partial charge in [0.05, 0.1) is 12.6 Å². The van der Waals surface area contributed by atoms with Crippen LogP contribution in [0.4, 0.5) is 4.39 Å². The fourth-order valence-electron chi connectivity index (χ4n) is 4.17. The van der Waals surface area contributed by atoms with Gasteiger partial charge in [-0.15, -0.1) is 0 Å². The number of aliphatic carboxylic acids is 1. The first-order chi connectivity index (χ1) is 17.0. The predicted octanol–water partition coefficient (Wildman–Crippen LogP) is 6.61. The second-order valence-corrected chi connectivity index (χ2v) is 8.98. The van der Waals surface area contributed by atoms with Crippen molar-refractivity contribution in [1.29, 1.82) is 0 Å². The Kier molecular flexibility index (Phi) is 12.9. The van der Waals surface area contributed by atoms with Crippen LogP contribution in [-0.4, -0.2) is 52.6 Å². The Labute approximate surface area is 215 Å². The lowest BCUT2D eigenvalue weighted by atomic mass is 9.95. The first-order valence-electron chi connectivity index (χ1n) is 12.7. The van der Waals surface area contributed by atoms with Gasteiger partial charge in [0.15, 0.2) is 0 Å². The van der Waals surface area contributed by atoms with Crippen LogP contribution >= 0.6 is 0 Å². The summed E-state index contributed by atoms with van der Waals surface area (Å²) >= 11 is 0. The highest BCUT2D eigenvalue weighted by molar-refractivity contribution is 6.26. The van der Waals surface area contributed by atoms with Crippen LogP contribution < -0.4 is 0 Å². The van der Waals surface area contributed by atoms with Gasteiger partial charge in [-0.3, -0.25) is 9.59 Å². The van der Waals surface area contributed by atoms with Crippen LogP contribution in [0.1, 0.15) is 84.3 Å². The Morgan fingerprint density at radius 2 is 1.89 bits per heavy atom. The molecule has 198 valence electrons. The molecular weight excluding hydrogens is 457 g/mol. The van der Waals surface area contributed by atoms with Gasteiger partial charge in [0.2, 0.25) is 0 Å². The normalized spacial score (nSPS) is 14.0. The van der Waals surface area contributed by atoms with Crippen LogP contribution in [-0.2, 0) is 9.59 Å². The minimum absolute atomic E-state index is 0.0773. The van der Waals surface area contributed by atoms with Crippen LogP contribution in [0, 0.1) is 5.82 Å². The van der Waals surface area contributed by atoms with Crippen molar-refractivity contribution in [1.82, 2.24) is 9.80 Å². The number of carbonyl (C=O) groups excluding carboxylic acids is 1. The molecule has 0 aromatic heterocycles. The minimum atomic E-state index is -0.930. The van der Waals surface area contributed by atoms with Gasteiger partial charge in [-0.05, 0) is 62.8 Å². The van der Waals surface area contributed by atoms with E-state index in [2.05, 4.69) is 18.5 Å². The van der Waals surface area contributed by atoms with E-state index in [1.54, 1.807) is 30.0 Å². The summed E-state index contributed by atoms with van der Waals surface area (Å²) in [5.74, 6) is -1.44. The second kappa shape index (κ2) is 15.0. The summed E-state index contributed by atoms with van der Waals surface area (Å²) in [4.78, 5) is 32.1. The van der Waals surface area contributed by atoms with Crippen molar-refractivity contribution >= 4 is 23.7 Å². The van der Waals surface area contributed by atoms with Gasteiger partial charge in [0, 0.05) is 30.9 Å². The SMILES string of the molecule is C=C(/C=C(/N=C/C(=O)N(CC)C(C)CCC)N(C)/C(=C\C)CC)c1ccc([C@@H](C)CC(=O)O)cc1F. The van der Waals surface area contributed by atoms with Gasteiger partial charge >= 0.3 is 5.97 Å². The van der Waals surface area contributed by atoms with Crippen molar-refractivity contribution in [2.45, 2.75) is 79.2 Å². The smallest absolute Gasteiger partial charge is 0.303 e. The number of rotatable bonds is 14. The predicted molar refractivity (Wildman–Crippen MR) is 146 cm³/mol. The van der Waals surface area contributed by atoms with E-state index in [1.807, 2.05) is 45.7 Å². The molecule has 0 radical (unpaired) electrons. The quantitative estimate of drug-likeness (QED) is 0.231. The molecule has 0 heterocycles. The summed E-state index contributed by atoms with van der Waals surface area (Å²) in [6, 6.07) is 4.79. The number of nitrogens with zero attached hydrogens (tertiary/aromatic N) is 3. The van der Waals surface area contributed by atoms with Gasteiger partial charge in [0.25, 0.3) is 5.91 Å². The maximum atomic E-state index is 15.0. The van der Waals surface area contributed by atoms with Gasteiger partial charge in [-0.1, -0.05) is 52.0 Å². The van der Waals surface area contributed by atoms with E-state index >= 15 is 4.39 Å². The zero-order chi connectivity index (χ0) is 27.4. The minimum Gasteiger partial charge on any atom is -0.481 e. The first kappa shape index (κ1) is 30.8. The number of halogens is 1. The Balaban J connectivity index is 3.36. The largest absolute Gasteiger partial charge is 0.481 e. The molecule has 0 saturated heterocycles. The molecule has 0 aliphatic carbocycles. The summed E-state index contributed by atoms with van der Waals surface area (Å²) in [6.45, 7) is 16.4. The van der Waals surface area contributed by atoms with Gasteiger partial charge in [0.1, 0.15) is 11.6 Å². The molecule has 0 fully saturated rings. The Morgan fingerprint density at radius 3 is 2.39 bits per heavy atom. The maximum Gasteiger partial charge on any atom is 0.303 e. The molecule has 36 heavy (non-hydrogen) atoms. The maximum absolute atomic E-state index is 15.0. The van der Waals surface area contributed by atoms with Crippen LogP contribution in [0.25, 0.3) is 5.57 Å². The number of carboxylic acid groups (broad SMARTS) is 1. The highest BCUT2D eigenvalue weighted by Crippen LogP contribution is 2.27. The van der Waals surface area contributed by atoms with E-state index < -0.39 is 11.8 Å². The lowest BCUT2D eigenvalue weighted by molar-refractivity contribution is -0.137. The van der Waals surface area contributed by atoms with Gasteiger partial charge in [-0.25, -0.2) is 9.38 Å². The Bertz CT molecular complexity index is 1010. The lowest BCUT2D eigenvalue weighted by Gasteiger charge is -2.27. The van der Waals surface area contributed by atoms with Gasteiger partial charge in [-0.2, -0.15) is 0 Å². The number of carboxylic acids is 1. The van der Waals surface area contributed by atoms with Crippen molar-refractivity contribution in [3.8, 4) is 0 Å². The van der Waals surface area contributed by atoms with Crippen molar-refractivity contribution in [3.05, 3.63) is 65.4 Å². The topological polar surface area (TPSA) is 73.2 Å². The number of hydrogen-bond acceptors (Lipinski definition) is 4. The molecule has 1 unspecified atom stereocenters. The number of benzene rings is 1. The van der Waals surface area contributed by atoms with Crippen LogP contribution in [0.5, 0.6) is 0 Å². The number of aliphatic imine (C=N–C) groups is 1. The fourth-order valence-corrected chi connectivity index (χ4v) is 4.17. The molecule has 7 heteroatoms. The number of amides is 1. The molecule has 1 amide bonds. The third-order valence-electron chi connectivity index (χ3n) is 6.33. The van der Waals surface area contributed by atoms with E-state index in [9.17, 15) is 9.59 Å². The number of hydrogen-bond donors (Lipinski definition) is 1. The molecule has 1 aromatic rings. The molecule has 0 saturated carbocycles. The highest BCUT2D eigenvalue weighted by Gasteiger charge is 2.18. The first-order valence-corrected chi connectivity index (χ1v) is 12.7. The average Bonchev–Trinajstić information content (AvgIpc) is 2.82. The summed E-state index contributed by atoms with van der Waals surface area (Å²) in [5, 5.41) is 9.03. The van der Waals surface area contributed by atoms with Crippen LogP contribution in [0.3, 0.4) is 0 Å². The lowest BCUT2D eigenvalue weighted by Crippen LogP contribution is -2.39. The molecule has 6 nitrogen and oxygen atoms in total. The Morgan fingerprint density at radius 1 is 1.22 bits per heavy atom. The highest BCUT2D eigenvalue weighted by atomic mass is 19.1. The zero-order valence-corrected chi connectivity index (χ0v) is 22.8. The van der Waals surface area contributed by atoms with Crippen molar-refractivity contribution in [3.63, 3.8) is 0 Å². The fraction of sp³-hybridized carbons (Fsp3) is 0.483. The molecule has 0 bridgehead atoms. The Hall–Kier alpha value is -3.22. The summed E-state index contributed by atoms with van der Waals surface area (Å²) in [7, 11) is 1.85. The summed E-state index contributed by atoms with van der Waals surface area (Å²) in [5.41, 5.74) is 2.29. The molecular formula is C29H42FN3O3. The monoisotopic (exact) mass is 499 g/mol. The average molecular weight is 500 g/mol. The second-order valence-electron chi connectivity index (χ2n) is 8.98.